The Hall–Kier alpha value is -0.710. The van der Waals surface area contributed by atoms with E-state index in [-0.39, 0.29) is 28.6 Å². The predicted octanol–water partition coefficient (Wildman–Crippen LogP) is 2.13. The van der Waals surface area contributed by atoms with Gasteiger partial charge in [-0.1, -0.05) is 6.92 Å². The minimum Gasteiger partial charge on any atom is -0.329 e. The molecule has 4 nitrogen and oxygen atoms in total. The number of amides is 2. The van der Waals surface area contributed by atoms with Crippen molar-refractivity contribution in [3.8, 4) is 0 Å². The summed E-state index contributed by atoms with van der Waals surface area (Å²) in [6, 6.07) is -0.458. The van der Waals surface area contributed by atoms with Gasteiger partial charge in [-0.15, -0.1) is 0 Å². The first-order valence-corrected chi connectivity index (χ1v) is 8.80. The van der Waals surface area contributed by atoms with Crippen LogP contribution in [0.25, 0.3) is 0 Å². The van der Waals surface area contributed by atoms with Gasteiger partial charge in [0.2, 0.25) is 11.8 Å². The number of nitrogens with zero attached hydrogens (tertiary/aromatic N) is 2. The normalized spacial score (nSPS) is 27.8. The van der Waals surface area contributed by atoms with Crippen LogP contribution in [0.5, 0.6) is 0 Å². The molecule has 2 rings (SSSR count). The molecule has 2 heterocycles. The fourth-order valence-electron chi connectivity index (χ4n) is 3.18. The second kappa shape index (κ2) is 5.96. The van der Waals surface area contributed by atoms with E-state index in [2.05, 4.69) is 20.1 Å². The van der Waals surface area contributed by atoms with Crippen LogP contribution >= 0.6 is 11.8 Å². The number of piperidine rings is 1. The minimum atomic E-state index is -0.261. The van der Waals surface area contributed by atoms with Crippen molar-refractivity contribution in [1.82, 2.24) is 9.80 Å². The van der Waals surface area contributed by atoms with Crippen molar-refractivity contribution in [3.63, 3.8) is 0 Å². The topological polar surface area (TPSA) is 40.6 Å². The maximum absolute atomic E-state index is 12.8. The molecule has 2 aliphatic heterocycles. The lowest BCUT2D eigenvalue weighted by molar-refractivity contribution is -0.164. The van der Waals surface area contributed by atoms with E-state index < -0.39 is 0 Å². The number of thioether (sulfide) groups is 1. The van der Waals surface area contributed by atoms with Crippen LogP contribution in [0.15, 0.2) is 0 Å². The SMILES string of the molecule is CCC1C(=O)N2CCCCC2C(=O)N1CC(C)(C)SC. The van der Waals surface area contributed by atoms with Crippen LogP contribution in [0.4, 0.5) is 0 Å². The van der Waals surface area contributed by atoms with Crippen LogP contribution in [0.1, 0.15) is 46.5 Å². The first kappa shape index (κ1) is 15.7. The van der Waals surface area contributed by atoms with E-state index in [1.165, 1.54) is 0 Å². The molecule has 0 aromatic rings. The summed E-state index contributed by atoms with van der Waals surface area (Å²) in [6.07, 6.45) is 5.68. The Bertz CT molecular complexity index is 397. The number of carbonyl (C=O) groups excluding carboxylic acids is 2. The number of piperazine rings is 1. The molecule has 20 heavy (non-hydrogen) atoms. The molecule has 0 aliphatic carbocycles. The highest BCUT2D eigenvalue weighted by Gasteiger charge is 2.46. The van der Waals surface area contributed by atoms with Crippen molar-refractivity contribution >= 4 is 23.6 Å². The summed E-state index contributed by atoms with van der Waals surface area (Å²) in [6.45, 7) is 7.68. The van der Waals surface area contributed by atoms with Gasteiger partial charge < -0.3 is 9.80 Å². The molecule has 0 aromatic heterocycles. The third-order valence-corrected chi connectivity index (χ3v) is 5.74. The number of hydrogen-bond donors (Lipinski definition) is 0. The third kappa shape index (κ3) is 2.83. The van der Waals surface area contributed by atoms with Crippen LogP contribution < -0.4 is 0 Å². The quantitative estimate of drug-likeness (QED) is 0.798. The van der Waals surface area contributed by atoms with Crippen LogP contribution in [0, 0.1) is 0 Å². The van der Waals surface area contributed by atoms with Crippen LogP contribution in [-0.4, -0.2) is 57.8 Å². The smallest absolute Gasteiger partial charge is 0.246 e. The Labute approximate surface area is 126 Å². The van der Waals surface area contributed by atoms with Gasteiger partial charge in [0.1, 0.15) is 12.1 Å². The second-order valence-corrected chi connectivity index (χ2v) is 7.91. The van der Waals surface area contributed by atoms with E-state index in [0.717, 1.165) is 25.8 Å². The van der Waals surface area contributed by atoms with E-state index in [4.69, 9.17) is 0 Å². The van der Waals surface area contributed by atoms with Gasteiger partial charge in [0.15, 0.2) is 0 Å². The molecule has 2 unspecified atom stereocenters. The molecule has 0 N–H and O–H groups in total. The summed E-state index contributed by atoms with van der Waals surface area (Å²) in [7, 11) is 0. The molecule has 2 aliphatic rings. The molecular weight excluding hydrogens is 272 g/mol. The predicted molar refractivity (Wildman–Crippen MR) is 82.7 cm³/mol. The minimum absolute atomic E-state index is 0.0137. The van der Waals surface area contributed by atoms with Crippen LogP contribution in [-0.2, 0) is 9.59 Å². The standard InChI is InChI=1S/C15H26N2O2S/c1-5-11-13(18)16-9-7-6-8-12(16)14(19)17(11)10-15(2,3)20-4/h11-12H,5-10H2,1-4H3. The van der Waals surface area contributed by atoms with E-state index in [0.29, 0.717) is 13.0 Å². The van der Waals surface area contributed by atoms with Crippen LogP contribution in [0.3, 0.4) is 0 Å². The zero-order valence-electron chi connectivity index (χ0n) is 13.0. The van der Waals surface area contributed by atoms with Crippen molar-refractivity contribution in [2.45, 2.75) is 63.3 Å². The monoisotopic (exact) mass is 298 g/mol. The van der Waals surface area contributed by atoms with Gasteiger partial charge in [-0.2, -0.15) is 11.8 Å². The molecule has 2 atom stereocenters. The van der Waals surface area contributed by atoms with Crippen molar-refractivity contribution < 1.29 is 9.59 Å². The van der Waals surface area contributed by atoms with Crippen molar-refractivity contribution in [2.75, 3.05) is 19.3 Å². The van der Waals surface area contributed by atoms with Crippen molar-refractivity contribution in [1.29, 1.82) is 0 Å². The van der Waals surface area contributed by atoms with E-state index in [9.17, 15) is 9.59 Å². The van der Waals surface area contributed by atoms with Gasteiger partial charge in [0, 0.05) is 17.8 Å². The first-order valence-electron chi connectivity index (χ1n) is 7.57. The first-order chi connectivity index (χ1) is 9.41. The second-order valence-electron chi connectivity index (χ2n) is 6.40. The zero-order valence-corrected chi connectivity index (χ0v) is 13.8. The van der Waals surface area contributed by atoms with Gasteiger partial charge in [-0.05, 0) is 45.8 Å². The average molecular weight is 298 g/mol. The Balaban J connectivity index is 2.24. The molecule has 2 amide bonds. The number of hydrogen-bond acceptors (Lipinski definition) is 3. The third-order valence-electron chi connectivity index (χ3n) is 4.51. The molecule has 0 saturated carbocycles. The summed E-state index contributed by atoms with van der Waals surface area (Å²) in [4.78, 5) is 29.1. The van der Waals surface area contributed by atoms with Crippen molar-refractivity contribution in [2.24, 2.45) is 0 Å². The Morgan fingerprint density at radius 3 is 2.55 bits per heavy atom. The molecule has 0 radical (unpaired) electrons. The van der Waals surface area contributed by atoms with E-state index in [1.807, 2.05) is 16.7 Å². The molecular formula is C15H26N2O2S. The maximum atomic E-state index is 12.8. The Morgan fingerprint density at radius 1 is 1.25 bits per heavy atom. The van der Waals surface area contributed by atoms with Gasteiger partial charge in [-0.25, -0.2) is 0 Å². The summed E-state index contributed by atoms with van der Waals surface area (Å²) in [5, 5.41) is 0. The number of rotatable bonds is 4. The summed E-state index contributed by atoms with van der Waals surface area (Å²) in [5.41, 5.74) is 0. The maximum Gasteiger partial charge on any atom is 0.246 e. The van der Waals surface area contributed by atoms with Crippen molar-refractivity contribution in [3.05, 3.63) is 0 Å². The average Bonchev–Trinajstić information content (AvgIpc) is 2.45. The summed E-state index contributed by atoms with van der Waals surface area (Å²) in [5.74, 6) is 0.326. The molecule has 2 fully saturated rings. The summed E-state index contributed by atoms with van der Waals surface area (Å²) >= 11 is 1.75. The number of carbonyl (C=O) groups is 2. The molecule has 0 aromatic carbocycles. The molecule has 0 spiro atoms. The highest BCUT2D eigenvalue weighted by molar-refractivity contribution is 7.99. The Morgan fingerprint density at radius 2 is 1.95 bits per heavy atom. The highest BCUT2D eigenvalue weighted by Crippen LogP contribution is 2.31. The van der Waals surface area contributed by atoms with Crippen LogP contribution in [0.2, 0.25) is 0 Å². The van der Waals surface area contributed by atoms with Gasteiger partial charge in [-0.3, -0.25) is 9.59 Å². The van der Waals surface area contributed by atoms with Gasteiger partial charge in [0.05, 0.1) is 0 Å². The largest absolute Gasteiger partial charge is 0.329 e. The highest BCUT2D eigenvalue weighted by atomic mass is 32.2. The zero-order chi connectivity index (χ0) is 14.9. The molecule has 5 heteroatoms. The van der Waals surface area contributed by atoms with E-state index >= 15 is 0 Å². The summed E-state index contributed by atoms with van der Waals surface area (Å²) < 4.78 is -0.0137. The fraction of sp³-hybridized carbons (Fsp3) is 0.867. The lowest BCUT2D eigenvalue weighted by atomic mass is 9.93. The lowest BCUT2D eigenvalue weighted by Gasteiger charge is -2.48. The lowest BCUT2D eigenvalue weighted by Crippen LogP contribution is -2.66. The number of fused-ring (bicyclic) bond motifs is 1. The molecule has 2 saturated heterocycles. The van der Waals surface area contributed by atoms with E-state index in [1.54, 1.807) is 11.8 Å². The molecule has 0 bridgehead atoms. The van der Waals surface area contributed by atoms with Gasteiger partial charge >= 0.3 is 0 Å². The fourth-order valence-corrected chi connectivity index (χ4v) is 3.45. The Kier molecular flexibility index (Phi) is 4.67. The van der Waals surface area contributed by atoms with Gasteiger partial charge in [0.25, 0.3) is 0 Å². The molecule has 114 valence electrons.